The molecule has 0 rings (SSSR count). The Morgan fingerprint density at radius 3 is 1.20 bits per heavy atom. The maximum atomic E-state index is 11.2. The Hall–Kier alpha value is -1.62. The summed E-state index contributed by atoms with van der Waals surface area (Å²) in [5, 5.41) is 0. The summed E-state index contributed by atoms with van der Waals surface area (Å²) in [7, 11) is 3.85. The van der Waals surface area contributed by atoms with E-state index in [4.69, 9.17) is 9.47 Å². The fourth-order valence-electron chi connectivity index (χ4n) is 3.38. The molecule has 5 heteroatoms. The van der Waals surface area contributed by atoms with Gasteiger partial charge in [0.2, 0.25) is 0 Å². The zero-order valence-electron chi connectivity index (χ0n) is 23.9. The molecule has 0 aliphatic rings. The van der Waals surface area contributed by atoms with Crippen LogP contribution in [0.25, 0.3) is 0 Å². The van der Waals surface area contributed by atoms with Crippen molar-refractivity contribution in [2.45, 2.75) is 124 Å². The van der Waals surface area contributed by atoms with Gasteiger partial charge in [0.25, 0.3) is 0 Å². The van der Waals surface area contributed by atoms with Crippen LogP contribution in [0.15, 0.2) is 24.3 Å². The van der Waals surface area contributed by atoms with Gasteiger partial charge in [-0.3, -0.25) is 0 Å². The first-order valence-corrected chi connectivity index (χ1v) is 14.0. The summed E-state index contributed by atoms with van der Waals surface area (Å²) in [6.45, 7) is 14.4. The van der Waals surface area contributed by atoms with E-state index in [9.17, 15) is 9.59 Å². The molecule has 0 amide bonds. The average Bonchev–Trinajstić information content (AvgIpc) is 2.80. The molecule has 0 aliphatic carbocycles. The topological polar surface area (TPSA) is 55.8 Å². The minimum atomic E-state index is -0.313. The standard InChI is InChI=1S/C22H42O2.C8H15NO2/c1-4-5-6-7-8-9-10-11-12-13-14-15-16-17-18-19-20-24-22(23)21(2)3;1-7(2)8(10)11-6-5-9(3)4/h2,4-20H2,1,3H3;1,5-6H2,2-4H3. The number of carbonyl (C=O) groups is 2. The number of carbonyl (C=O) groups excluding carboxylic acids is 2. The molecule has 0 heterocycles. The molecule has 0 saturated heterocycles. The van der Waals surface area contributed by atoms with Crippen molar-refractivity contribution in [2.75, 3.05) is 33.9 Å². The molecule has 0 radical (unpaired) electrons. The predicted octanol–water partition coefficient (Wildman–Crippen LogP) is 8.03. The van der Waals surface area contributed by atoms with Gasteiger partial charge in [0.1, 0.15) is 6.61 Å². The summed E-state index contributed by atoms with van der Waals surface area (Å²) in [5.74, 6) is -0.567. The predicted molar refractivity (Wildman–Crippen MR) is 150 cm³/mol. The van der Waals surface area contributed by atoms with Crippen LogP contribution in [-0.4, -0.2) is 50.7 Å². The maximum absolute atomic E-state index is 11.2. The third kappa shape index (κ3) is 30.3. The quantitative estimate of drug-likeness (QED) is 0.0864. The van der Waals surface area contributed by atoms with Gasteiger partial charge in [0.05, 0.1) is 6.61 Å². The van der Waals surface area contributed by atoms with Gasteiger partial charge in [0, 0.05) is 17.7 Å². The number of nitrogens with zero attached hydrogens (tertiary/aromatic N) is 1. The van der Waals surface area contributed by atoms with E-state index in [1.54, 1.807) is 13.8 Å². The van der Waals surface area contributed by atoms with Crippen molar-refractivity contribution in [3.05, 3.63) is 24.3 Å². The van der Waals surface area contributed by atoms with Crippen LogP contribution in [0.3, 0.4) is 0 Å². The third-order valence-corrected chi connectivity index (χ3v) is 5.70. The van der Waals surface area contributed by atoms with Crippen molar-refractivity contribution in [1.29, 1.82) is 0 Å². The molecule has 5 nitrogen and oxygen atoms in total. The van der Waals surface area contributed by atoms with Crippen LogP contribution in [0.2, 0.25) is 0 Å². The maximum Gasteiger partial charge on any atom is 0.333 e. The first-order chi connectivity index (χ1) is 16.7. The molecule has 0 unspecified atom stereocenters. The fraction of sp³-hybridized carbons (Fsp3) is 0.800. The molecule has 0 aromatic carbocycles. The number of ether oxygens (including phenoxy) is 2. The van der Waals surface area contributed by atoms with Crippen LogP contribution in [0.1, 0.15) is 124 Å². The molecule has 0 bridgehead atoms. The lowest BCUT2D eigenvalue weighted by Crippen LogP contribution is -2.20. The van der Waals surface area contributed by atoms with Gasteiger partial charge < -0.3 is 14.4 Å². The van der Waals surface area contributed by atoms with E-state index < -0.39 is 0 Å². The second-order valence-corrected chi connectivity index (χ2v) is 9.94. The van der Waals surface area contributed by atoms with Gasteiger partial charge in [-0.2, -0.15) is 0 Å². The zero-order valence-corrected chi connectivity index (χ0v) is 23.9. The summed E-state index contributed by atoms with van der Waals surface area (Å²) >= 11 is 0. The van der Waals surface area contributed by atoms with Gasteiger partial charge in [-0.1, -0.05) is 116 Å². The average molecular weight is 496 g/mol. The number of unbranched alkanes of at least 4 members (excludes halogenated alkanes) is 15. The number of esters is 2. The zero-order chi connectivity index (χ0) is 26.7. The van der Waals surface area contributed by atoms with E-state index in [-0.39, 0.29) is 11.9 Å². The van der Waals surface area contributed by atoms with Crippen molar-refractivity contribution in [2.24, 2.45) is 0 Å². The Morgan fingerprint density at radius 2 is 0.886 bits per heavy atom. The highest BCUT2D eigenvalue weighted by Crippen LogP contribution is 2.13. The Balaban J connectivity index is 0. The highest BCUT2D eigenvalue weighted by Gasteiger charge is 2.02. The highest BCUT2D eigenvalue weighted by molar-refractivity contribution is 5.87. The van der Waals surface area contributed by atoms with Crippen molar-refractivity contribution < 1.29 is 19.1 Å². The highest BCUT2D eigenvalue weighted by atomic mass is 16.5. The lowest BCUT2D eigenvalue weighted by Gasteiger charge is -2.09. The van der Waals surface area contributed by atoms with Gasteiger partial charge in [-0.25, -0.2) is 9.59 Å². The molecule has 0 N–H and O–H groups in total. The second-order valence-electron chi connectivity index (χ2n) is 9.94. The molecule has 0 spiro atoms. The van der Waals surface area contributed by atoms with Crippen molar-refractivity contribution in [3.8, 4) is 0 Å². The lowest BCUT2D eigenvalue weighted by atomic mass is 10.0. The van der Waals surface area contributed by atoms with Crippen LogP contribution in [0.4, 0.5) is 0 Å². The van der Waals surface area contributed by atoms with Crippen LogP contribution in [0, 0.1) is 0 Å². The van der Waals surface area contributed by atoms with Crippen molar-refractivity contribution >= 4 is 11.9 Å². The molecule has 0 fully saturated rings. The summed E-state index contributed by atoms with van der Waals surface area (Å²) in [6.07, 6.45) is 21.7. The van der Waals surface area contributed by atoms with Gasteiger partial charge >= 0.3 is 11.9 Å². The van der Waals surface area contributed by atoms with E-state index in [1.165, 1.54) is 96.3 Å². The Labute approximate surface area is 217 Å². The molecule has 35 heavy (non-hydrogen) atoms. The Kier molecular flexibility index (Phi) is 27.4. The van der Waals surface area contributed by atoms with Crippen molar-refractivity contribution in [1.82, 2.24) is 4.90 Å². The SMILES string of the molecule is C=C(C)C(=O)OCCCCCCCCCCCCCCCCCC.C=C(C)C(=O)OCCN(C)C. The summed E-state index contributed by atoms with van der Waals surface area (Å²) in [4.78, 5) is 23.9. The number of likely N-dealkylation sites (N-methyl/N-ethyl adjacent to an activating group) is 1. The third-order valence-electron chi connectivity index (χ3n) is 5.70. The second kappa shape index (κ2) is 27.0. The summed E-state index contributed by atoms with van der Waals surface area (Å²) in [5.41, 5.74) is 0.940. The number of hydrogen-bond donors (Lipinski definition) is 0. The number of rotatable bonds is 22. The van der Waals surface area contributed by atoms with Crippen LogP contribution >= 0.6 is 0 Å². The van der Waals surface area contributed by atoms with Crippen LogP contribution < -0.4 is 0 Å². The largest absolute Gasteiger partial charge is 0.462 e. The Bertz CT molecular complexity index is 542. The molecule has 0 aliphatic heterocycles. The van der Waals surface area contributed by atoms with Gasteiger partial charge in [-0.05, 0) is 34.4 Å². The fourth-order valence-corrected chi connectivity index (χ4v) is 3.38. The van der Waals surface area contributed by atoms with E-state index in [0.29, 0.717) is 24.4 Å². The minimum absolute atomic E-state index is 0.254. The molecule has 206 valence electrons. The smallest absolute Gasteiger partial charge is 0.333 e. The van der Waals surface area contributed by atoms with Gasteiger partial charge in [-0.15, -0.1) is 0 Å². The molecule has 0 saturated carbocycles. The van der Waals surface area contributed by atoms with E-state index in [2.05, 4.69) is 20.1 Å². The Morgan fingerprint density at radius 1 is 0.571 bits per heavy atom. The minimum Gasteiger partial charge on any atom is -0.462 e. The van der Waals surface area contributed by atoms with E-state index in [0.717, 1.165) is 13.0 Å². The van der Waals surface area contributed by atoms with Crippen LogP contribution in [-0.2, 0) is 19.1 Å². The molecule has 0 atom stereocenters. The summed E-state index contributed by atoms with van der Waals surface area (Å²) in [6, 6.07) is 0. The van der Waals surface area contributed by atoms with Crippen LogP contribution in [0.5, 0.6) is 0 Å². The van der Waals surface area contributed by atoms with E-state index >= 15 is 0 Å². The summed E-state index contributed by atoms with van der Waals surface area (Å²) < 4.78 is 9.92. The van der Waals surface area contributed by atoms with Crippen molar-refractivity contribution in [3.63, 3.8) is 0 Å². The normalized spacial score (nSPS) is 10.5. The molecular formula is C30H57NO4. The molecule has 0 aromatic heterocycles. The van der Waals surface area contributed by atoms with E-state index in [1.807, 2.05) is 19.0 Å². The first-order valence-electron chi connectivity index (χ1n) is 14.0. The molecule has 0 aromatic rings. The molecular weight excluding hydrogens is 438 g/mol. The monoisotopic (exact) mass is 495 g/mol. The lowest BCUT2D eigenvalue weighted by molar-refractivity contribution is -0.140. The van der Waals surface area contributed by atoms with Gasteiger partial charge in [0.15, 0.2) is 0 Å². The first kappa shape index (κ1) is 35.5. The number of hydrogen-bond acceptors (Lipinski definition) is 5.